The zero-order valence-electron chi connectivity index (χ0n) is 15.2. The Hall–Kier alpha value is -3.10. The van der Waals surface area contributed by atoms with Crippen molar-refractivity contribution in [3.05, 3.63) is 63.1 Å². The van der Waals surface area contributed by atoms with Crippen molar-refractivity contribution in [3.8, 4) is 0 Å². The highest BCUT2D eigenvalue weighted by atomic mass is 19.4. The maximum atomic E-state index is 13.1. The van der Waals surface area contributed by atoms with Crippen LogP contribution >= 0.6 is 0 Å². The Kier molecular flexibility index (Phi) is 5.01. The molecule has 1 N–H and O–H groups in total. The smallest absolute Gasteiger partial charge is 0.329 e. The Morgan fingerprint density at radius 2 is 1.93 bits per heavy atom. The number of amides is 2. The number of benzene rings is 1. The molecule has 1 aromatic heterocycles. The molecule has 148 valence electrons. The third-order valence-corrected chi connectivity index (χ3v) is 4.66. The molecule has 9 heteroatoms. The molecule has 1 aliphatic rings. The van der Waals surface area contributed by atoms with Crippen molar-refractivity contribution in [1.29, 1.82) is 0 Å². The lowest BCUT2D eigenvalue weighted by Crippen LogP contribution is -2.49. The highest BCUT2D eigenvalue weighted by Gasteiger charge is 2.33. The van der Waals surface area contributed by atoms with Crippen molar-refractivity contribution in [2.45, 2.75) is 39.2 Å². The summed E-state index contributed by atoms with van der Waals surface area (Å²) in [4.78, 5) is 37.3. The quantitative estimate of drug-likeness (QED) is 0.812. The van der Waals surface area contributed by atoms with Gasteiger partial charge in [-0.05, 0) is 43.7 Å². The van der Waals surface area contributed by atoms with Crippen molar-refractivity contribution in [2.75, 3.05) is 5.32 Å². The number of nitrogens with zero attached hydrogens (tertiary/aromatic N) is 2. The summed E-state index contributed by atoms with van der Waals surface area (Å²) in [7, 11) is 0. The topological polar surface area (TPSA) is 71.4 Å². The number of aromatic nitrogens is 1. The molecule has 1 aliphatic heterocycles. The average Bonchev–Trinajstić information content (AvgIpc) is 2.60. The second kappa shape index (κ2) is 7.14. The van der Waals surface area contributed by atoms with Crippen molar-refractivity contribution < 1.29 is 22.8 Å². The number of fused-ring (bicyclic) bond motifs is 1. The van der Waals surface area contributed by atoms with Gasteiger partial charge in [-0.25, -0.2) is 0 Å². The standard InChI is InChI=1S/C19H18F3N3O3/c1-11-5-13(7-14(6-11)19(20,21)22)9-24-12(2)8-25-16(18(24)28)4-3-15(17(25)27)23-10-26/h3-7,10,12H,8-9H2,1-2H3,(H,23,26). The van der Waals surface area contributed by atoms with Crippen molar-refractivity contribution >= 4 is 18.0 Å². The number of rotatable bonds is 4. The first-order valence-electron chi connectivity index (χ1n) is 8.54. The summed E-state index contributed by atoms with van der Waals surface area (Å²) >= 11 is 0. The highest BCUT2D eigenvalue weighted by molar-refractivity contribution is 5.94. The monoisotopic (exact) mass is 393 g/mol. The van der Waals surface area contributed by atoms with Gasteiger partial charge in [-0.3, -0.25) is 14.4 Å². The predicted molar refractivity (Wildman–Crippen MR) is 95.9 cm³/mol. The van der Waals surface area contributed by atoms with Gasteiger partial charge in [-0.15, -0.1) is 0 Å². The molecule has 1 atom stereocenters. The van der Waals surface area contributed by atoms with E-state index in [0.29, 0.717) is 17.5 Å². The van der Waals surface area contributed by atoms with Gasteiger partial charge in [0.25, 0.3) is 11.5 Å². The summed E-state index contributed by atoms with van der Waals surface area (Å²) in [6.45, 7) is 3.45. The molecular weight excluding hydrogens is 375 g/mol. The van der Waals surface area contributed by atoms with E-state index in [9.17, 15) is 27.6 Å². The Bertz CT molecular complexity index is 998. The molecule has 3 rings (SSSR count). The number of aryl methyl sites for hydroxylation is 1. The predicted octanol–water partition coefficient (Wildman–Crippen LogP) is 2.79. The van der Waals surface area contributed by atoms with E-state index < -0.39 is 29.2 Å². The Labute approximate surface area is 158 Å². The van der Waals surface area contributed by atoms with E-state index in [4.69, 9.17) is 0 Å². The van der Waals surface area contributed by atoms with Gasteiger partial charge in [0.15, 0.2) is 0 Å². The molecule has 0 spiro atoms. The lowest BCUT2D eigenvalue weighted by Gasteiger charge is -2.35. The van der Waals surface area contributed by atoms with Gasteiger partial charge < -0.3 is 14.8 Å². The summed E-state index contributed by atoms with van der Waals surface area (Å²) in [6.07, 6.45) is -4.10. The van der Waals surface area contributed by atoms with E-state index in [1.54, 1.807) is 19.9 Å². The Balaban J connectivity index is 1.95. The molecule has 0 fully saturated rings. The van der Waals surface area contributed by atoms with Crippen LogP contribution in [0.1, 0.15) is 34.1 Å². The first kappa shape index (κ1) is 19.7. The molecule has 0 bridgehead atoms. The lowest BCUT2D eigenvalue weighted by atomic mass is 10.0. The number of hydrogen-bond donors (Lipinski definition) is 1. The summed E-state index contributed by atoms with van der Waals surface area (Å²) in [6, 6.07) is 6.04. The van der Waals surface area contributed by atoms with Crippen LogP contribution in [-0.2, 0) is 24.1 Å². The molecule has 28 heavy (non-hydrogen) atoms. The van der Waals surface area contributed by atoms with Crippen LogP contribution in [0.2, 0.25) is 0 Å². The van der Waals surface area contributed by atoms with Crippen molar-refractivity contribution in [1.82, 2.24) is 9.47 Å². The zero-order valence-corrected chi connectivity index (χ0v) is 15.2. The van der Waals surface area contributed by atoms with E-state index in [0.717, 1.165) is 12.1 Å². The number of alkyl halides is 3. The van der Waals surface area contributed by atoms with Crippen LogP contribution in [-0.4, -0.2) is 27.8 Å². The summed E-state index contributed by atoms with van der Waals surface area (Å²) in [5, 5.41) is 2.29. The van der Waals surface area contributed by atoms with Crippen LogP contribution in [0.15, 0.2) is 35.1 Å². The van der Waals surface area contributed by atoms with E-state index in [1.807, 2.05) is 0 Å². The normalized spacial score (nSPS) is 16.7. The molecule has 6 nitrogen and oxygen atoms in total. The second-order valence-electron chi connectivity index (χ2n) is 6.80. The zero-order chi connectivity index (χ0) is 20.6. The van der Waals surface area contributed by atoms with Gasteiger partial charge in [0, 0.05) is 19.1 Å². The van der Waals surface area contributed by atoms with Gasteiger partial charge in [-0.2, -0.15) is 13.2 Å². The Morgan fingerprint density at radius 1 is 1.21 bits per heavy atom. The minimum atomic E-state index is -4.47. The fourth-order valence-electron chi connectivity index (χ4n) is 3.37. The molecule has 2 amide bonds. The molecule has 1 unspecified atom stereocenters. The molecule has 0 radical (unpaired) electrons. The van der Waals surface area contributed by atoms with E-state index in [1.165, 1.54) is 21.6 Å². The highest BCUT2D eigenvalue weighted by Crippen LogP contribution is 2.31. The largest absolute Gasteiger partial charge is 0.416 e. The van der Waals surface area contributed by atoms with E-state index in [-0.39, 0.29) is 24.5 Å². The summed E-state index contributed by atoms with van der Waals surface area (Å²) in [5.74, 6) is -0.455. The number of carbonyl (C=O) groups excluding carboxylic acids is 2. The molecule has 2 heterocycles. The van der Waals surface area contributed by atoms with Crippen LogP contribution in [0, 0.1) is 6.92 Å². The number of hydrogen-bond acceptors (Lipinski definition) is 3. The fraction of sp³-hybridized carbons (Fsp3) is 0.316. The third-order valence-electron chi connectivity index (χ3n) is 4.66. The van der Waals surface area contributed by atoms with Crippen LogP contribution in [0.5, 0.6) is 0 Å². The number of anilines is 1. The third kappa shape index (κ3) is 3.64. The van der Waals surface area contributed by atoms with Crippen LogP contribution in [0.3, 0.4) is 0 Å². The average molecular weight is 393 g/mol. The first-order valence-corrected chi connectivity index (χ1v) is 8.54. The minimum absolute atomic E-state index is 0.00666. The van der Waals surface area contributed by atoms with Crippen molar-refractivity contribution in [3.63, 3.8) is 0 Å². The molecular formula is C19H18F3N3O3. The molecule has 0 saturated heterocycles. The molecule has 2 aromatic rings. The fourth-order valence-corrected chi connectivity index (χ4v) is 3.37. The molecule has 0 aliphatic carbocycles. The number of pyridine rings is 1. The number of carbonyl (C=O) groups is 2. The maximum Gasteiger partial charge on any atom is 0.416 e. The van der Waals surface area contributed by atoms with Gasteiger partial charge in [0.05, 0.1) is 5.56 Å². The molecule has 1 aromatic carbocycles. The maximum absolute atomic E-state index is 13.1. The minimum Gasteiger partial charge on any atom is -0.329 e. The van der Waals surface area contributed by atoms with Gasteiger partial charge >= 0.3 is 6.18 Å². The van der Waals surface area contributed by atoms with Gasteiger partial charge in [0.1, 0.15) is 11.4 Å². The van der Waals surface area contributed by atoms with Crippen molar-refractivity contribution in [2.24, 2.45) is 0 Å². The van der Waals surface area contributed by atoms with Crippen LogP contribution < -0.4 is 10.9 Å². The summed E-state index contributed by atoms with van der Waals surface area (Å²) < 4.78 is 40.5. The number of nitrogens with one attached hydrogen (secondary N) is 1. The molecule has 0 saturated carbocycles. The van der Waals surface area contributed by atoms with Crippen LogP contribution in [0.25, 0.3) is 0 Å². The van der Waals surface area contributed by atoms with Crippen LogP contribution in [0.4, 0.5) is 18.9 Å². The van der Waals surface area contributed by atoms with E-state index >= 15 is 0 Å². The Morgan fingerprint density at radius 3 is 2.57 bits per heavy atom. The second-order valence-corrected chi connectivity index (χ2v) is 6.80. The van der Waals surface area contributed by atoms with Gasteiger partial charge in [-0.1, -0.05) is 11.6 Å². The SMILES string of the molecule is Cc1cc(CN2C(=O)c3ccc(NC=O)c(=O)n3CC2C)cc(C(F)(F)F)c1. The first-order chi connectivity index (χ1) is 13.1. The van der Waals surface area contributed by atoms with Gasteiger partial charge in [0.2, 0.25) is 6.41 Å². The van der Waals surface area contributed by atoms with E-state index in [2.05, 4.69) is 5.32 Å². The summed E-state index contributed by atoms with van der Waals surface area (Å²) in [5.41, 5.74) is -0.269. The lowest BCUT2D eigenvalue weighted by molar-refractivity contribution is -0.137. The number of halogens is 3.